The van der Waals surface area contributed by atoms with Gasteiger partial charge in [-0.3, -0.25) is 0 Å². The molecule has 0 radical (unpaired) electrons. The highest BCUT2D eigenvalue weighted by Crippen LogP contribution is 2.35. The van der Waals surface area contributed by atoms with Crippen LogP contribution in [0.1, 0.15) is 45.4 Å². The Labute approximate surface area is 110 Å². The zero-order valence-electron chi connectivity index (χ0n) is 11.5. The van der Waals surface area contributed by atoms with E-state index in [0.717, 1.165) is 51.9 Å². The van der Waals surface area contributed by atoms with Crippen LogP contribution in [-0.4, -0.2) is 32.0 Å². The van der Waals surface area contributed by atoms with Crippen LogP contribution in [0.2, 0.25) is 0 Å². The third-order valence-corrected chi connectivity index (χ3v) is 4.46. The van der Waals surface area contributed by atoms with Gasteiger partial charge in [0.2, 0.25) is 0 Å². The van der Waals surface area contributed by atoms with Gasteiger partial charge in [0.25, 0.3) is 0 Å². The summed E-state index contributed by atoms with van der Waals surface area (Å²) >= 11 is 0. The van der Waals surface area contributed by atoms with Crippen molar-refractivity contribution in [3.05, 3.63) is 12.8 Å². The highest BCUT2D eigenvalue weighted by Gasteiger charge is 2.36. The number of hydrogen-bond donors (Lipinski definition) is 0. The van der Waals surface area contributed by atoms with E-state index in [-0.39, 0.29) is 0 Å². The Morgan fingerprint density at radius 2 is 1.89 bits per heavy atom. The molecule has 0 aromatic carbocycles. The maximum atomic E-state index is 6.01. The van der Waals surface area contributed by atoms with Crippen LogP contribution in [0.5, 0.6) is 0 Å². The summed E-state index contributed by atoms with van der Waals surface area (Å²) in [7, 11) is 0. The van der Waals surface area contributed by atoms with Gasteiger partial charge in [-0.2, -0.15) is 0 Å². The lowest BCUT2D eigenvalue weighted by atomic mass is 9.80. The predicted molar refractivity (Wildman–Crippen MR) is 71.4 cm³/mol. The molecule has 104 valence electrons. The van der Waals surface area contributed by atoms with Crippen molar-refractivity contribution in [1.29, 1.82) is 0 Å². The van der Waals surface area contributed by atoms with Crippen LogP contribution in [0.4, 0.5) is 0 Å². The van der Waals surface area contributed by atoms with Crippen LogP contribution in [-0.2, 0) is 14.2 Å². The smallest absolute Gasteiger partial charge is 0.0980 e. The van der Waals surface area contributed by atoms with Crippen molar-refractivity contribution in [1.82, 2.24) is 0 Å². The molecule has 0 spiro atoms. The Kier molecular flexibility index (Phi) is 5.07. The van der Waals surface area contributed by atoms with E-state index in [1.54, 1.807) is 6.26 Å². The Hall–Kier alpha value is -0.540. The summed E-state index contributed by atoms with van der Waals surface area (Å²) in [6.07, 6.45) is 9.14. The minimum absolute atomic E-state index is 0.365. The molecular weight excluding hydrogens is 228 g/mol. The minimum atomic E-state index is 0.365. The first kappa shape index (κ1) is 13.9. The minimum Gasteiger partial charge on any atom is -0.499 e. The Bertz CT molecular complexity index is 247. The summed E-state index contributed by atoms with van der Waals surface area (Å²) in [5, 5.41) is 0. The van der Waals surface area contributed by atoms with Crippen molar-refractivity contribution < 1.29 is 14.2 Å². The molecule has 0 aromatic heterocycles. The molecule has 2 rings (SSSR count). The summed E-state index contributed by atoms with van der Waals surface area (Å²) in [5.74, 6) is 0. The van der Waals surface area contributed by atoms with Gasteiger partial charge in [0.15, 0.2) is 0 Å². The zero-order chi connectivity index (χ0) is 12.8. The van der Waals surface area contributed by atoms with Crippen LogP contribution >= 0.6 is 0 Å². The Morgan fingerprint density at radius 3 is 2.39 bits per heavy atom. The fourth-order valence-electron chi connectivity index (χ4n) is 2.83. The SMILES string of the molecule is C=COC1CCC(OCCC2(CC)COC2)CC1. The first-order chi connectivity index (χ1) is 8.78. The summed E-state index contributed by atoms with van der Waals surface area (Å²) in [4.78, 5) is 0. The molecule has 1 aliphatic carbocycles. The quantitative estimate of drug-likeness (QED) is 0.652. The van der Waals surface area contributed by atoms with Crippen molar-refractivity contribution in [2.75, 3.05) is 19.8 Å². The maximum absolute atomic E-state index is 6.01. The van der Waals surface area contributed by atoms with Crippen LogP contribution in [0, 0.1) is 5.41 Å². The molecule has 0 aromatic rings. The third-order valence-electron chi connectivity index (χ3n) is 4.46. The first-order valence-electron chi connectivity index (χ1n) is 7.24. The summed E-state index contributed by atoms with van der Waals surface area (Å²) in [5.41, 5.74) is 0.420. The molecule has 0 bridgehead atoms. The summed E-state index contributed by atoms with van der Waals surface area (Å²) in [6.45, 7) is 8.59. The molecule has 0 amide bonds. The molecule has 0 unspecified atom stereocenters. The van der Waals surface area contributed by atoms with Crippen molar-refractivity contribution >= 4 is 0 Å². The molecule has 3 heteroatoms. The first-order valence-corrected chi connectivity index (χ1v) is 7.24. The molecular formula is C15H26O3. The van der Waals surface area contributed by atoms with Gasteiger partial charge in [-0.15, -0.1) is 0 Å². The Morgan fingerprint density at radius 1 is 1.22 bits per heavy atom. The van der Waals surface area contributed by atoms with Gasteiger partial charge in [0.1, 0.15) is 0 Å². The van der Waals surface area contributed by atoms with Gasteiger partial charge in [0, 0.05) is 12.0 Å². The average molecular weight is 254 g/mol. The van der Waals surface area contributed by atoms with Crippen molar-refractivity contribution in [2.24, 2.45) is 5.41 Å². The summed E-state index contributed by atoms with van der Waals surface area (Å²) < 4.78 is 16.8. The van der Waals surface area contributed by atoms with Gasteiger partial charge in [-0.05, 0) is 38.5 Å². The average Bonchev–Trinajstić information content (AvgIpc) is 2.35. The normalized spacial score (nSPS) is 30.5. The zero-order valence-corrected chi connectivity index (χ0v) is 11.5. The van der Waals surface area contributed by atoms with Gasteiger partial charge < -0.3 is 14.2 Å². The number of ether oxygens (including phenoxy) is 3. The van der Waals surface area contributed by atoms with E-state index in [0.29, 0.717) is 17.6 Å². The molecule has 1 saturated carbocycles. The van der Waals surface area contributed by atoms with Crippen LogP contribution < -0.4 is 0 Å². The van der Waals surface area contributed by atoms with E-state index in [1.807, 2.05) is 0 Å². The van der Waals surface area contributed by atoms with Crippen LogP contribution in [0.15, 0.2) is 12.8 Å². The second-order valence-corrected chi connectivity index (χ2v) is 5.67. The van der Waals surface area contributed by atoms with Crippen LogP contribution in [0.3, 0.4) is 0 Å². The molecule has 1 aliphatic heterocycles. The van der Waals surface area contributed by atoms with E-state index in [1.165, 1.54) is 6.42 Å². The van der Waals surface area contributed by atoms with Crippen molar-refractivity contribution in [2.45, 2.75) is 57.7 Å². The highest BCUT2D eigenvalue weighted by atomic mass is 16.5. The molecule has 18 heavy (non-hydrogen) atoms. The molecule has 1 saturated heterocycles. The lowest BCUT2D eigenvalue weighted by Crippen LogP contribution is -2.43. The lowest BCUT2D eigenvalue weighted by Gasteiger charge is -2.41. The lowest BCUT2D eigenvalue weighted by molar-refractivity contribution is -0.133. The topological polar surface area (TPSA) is 27.7 Å². The monoisotopic (exact) mass is 254 g/mol. The molecule has 0 N–H and O–H groups in total. The second-order valence-electron chi connectivity index (χ2n) is 5.67. The predicted octanol–water partition coefficient (Wildman–Crippen LogP) is 3.29. The van der Waals surface area contributed by atoms with E-state index >= 15 is 0 Å². The van der Waals surface area contributed by atoms with E-state index < -0.39 is 0 Å². The van der Waals surface area contributed by atoms with Crippen molar-refractivity contribution in [3.63, 3.8) is 0 Å². The molecule has 3 nitrogen and oxygen atoms in total. The fourth-order valence-corrected chi connectivity index (χ4v) is 2.83. The van der Waals surface area contributed by atoms with Gasteiger partial charge in [-0.1, -0.05) is 13.5 Å². The van der Waals surface area contributed by atoms with E-state index in [2.05, 4.69) is 13.5 Å². The fraction of sp³-hybridized carbons (Fsp3) is 0.867. The van der Waals surface area contributed by atoms with Gasteiger partial charge in [-0.25, -0.2) is 0 Å². The molecule has 2 aliphatic rings. The van der Waals surface area contributed by atoms with Crippen molar-refractivity contribution in [3.8, 4) is 0 Å². The van der Waals surface area contributed by atoms with E-state index in [9.17, 15) is 0 Å². The van der Waals surface area contributed by atoms with Gasteiger partial charge in [0.05, 0.1) is 31.7 Å². The molecule has 2 fully saturated rings. The Balaban J connectivity index is 1.59. The highest BCUT2D eigenvalue weighted by molar-refractivity contribution is 4.84. The van der Waals surface area contributed by atoms with E-state index in [4.69, 9.17) is 14.2 Å². The number of hydrogen-bond acceptors (Lipinski definition) is 3. The molecule has 1 heterocycles. The summed E-state index contributed by atoms with van der Waals surface area (Å²) in [6, 6.07) is 0. The maximum Gasteiger partial charge on any atom is 0.0980 e. The van der Waals surface area contributed by atoms with Gasteiger partial charge >= 0.3 is 0 Å². The molecule has 0 atom stereocenters. The standard InChI is InChI=1S/C15H26O3/c1-3-15(11-16-12-15)9-10-18-14-7-5-13(6-8-14)17-4-2/h4,13-14H,2-3,5-12H2,1H3. The second kappa shape index (κ2) is 6.58. The number of rotatable bonds is 7. The van der Waals surface area contributed by atoms with Crippen LogP contribution in [0.25, 0.3) is 0 Å². The third kappa shape index (κ3) is 3.48. The largest absolute Gasteiger partial charge is 0.499 e.